The zero-order chi connectivity index (χ0) is 34.4. The zero-order valence-electron chi connectivity index (χ0n) is 28.2. The Bertz CT molecular complexity index is 2260. The first kappa shape index (κ1) is 31.7. The SMILES string of the molecule is O=C(c1c(-c2ccc(-c3ccccc3)cc2)cccc1-c1ccc(-c2ccccc2)cc1)C(c1ccccc1)c1ccc(-c2ccccc2)cc1. The van der Waals surface area contributed by atoms with Gasteiger partial charge in [-0.05, 0) is 66.8 Å². The predicted molar refractivity (Wildman–Crippen MR) is 213 cm³/mol. The smallest absolute Gasteiger partial charge is 0.175 e. The van der Waals surface area contributed by atoms with Crippen LogP contribution in [-0.2, 0) is 0 Å². The molecule has 0 bridgehead atoms. The van der Waals surface area contributed by atoms with E-state index >= 15 is 4.79 Å². The van der Waals surface area contributed by atoms with Crippen molar-refractivity contribution in [2.45, 2.75) is 5.92 Å². The standard InChI is InChI=1S/C50H36O/c51-50(48(44-20-11-4-12-21-44)45-34-28-41(29-35-45)38-18-9-3-10-19-38)49-46(42-30-24-39(25-31-42)36-14-5-1-6-15-36)22-13-23-47(49)43-32-26-40(27-33-43)37-16-7-2-8-17-37/h1-35,48H. The molecule has 0 aromatic heterocycles. The Labute approximate surface area is 300 Å². The fourth-order valence-corrected chi connectivity index (χ4v) is 7.03. The van der Waals surface area contributed by atoms with Crippen LogP contribution in [0.2, 0.25) is 0 Å². The van der Waals surface area contributed by atoms with Gasteiger partial charge in [0.1, 0.15) is 0 Å². The Morgan fingerprint density at radius 3 is 0.961 bits per heavy atom. The van der Waals surface area contributed by atoms with Gasteiger partial charge in [-0.15, -0.1) is 0 Å². The van der Waals surface area contributed by atoms with Crippen molar-refractivity contribution in [3.8, 4) is 55.6 Å². The third-order valence-electron chi connectivity index (χ3n) is 9.66. The fraction of sp³-hybridized carbons (Fsp3) is 0.0200. The molecule has 8 aromatic carbocycles. The molecule has 1 unspecified atom stereocenters. The van der Waals surface area contributed by atoms with E-state index in [1.54, 1.807) is 0 Å². The molecule has 0 aliphatic rings. The molecule has 242 valence electrons. The van der Waals surface area contributed by atoms with Crippen molar-refractivity contribution in [1.82, 2.24) is 0 Å². The molecule has 0 saturated carbocycles. The van der Waals surface area contributed by atoms with Gasteiger partial charge < -0.3 is 0 Å². The van der Waals surface area contributed by atoms with Gasteiger partial charge in [-0.3, -0.25) is 4.79 Å². The number of rotatable bonds is 9. The minimum Gasteiger partial charge on any atom is -0.293 e. The van der Waals surface area contributed by atoms with E-state index in [9.17, 15) is 0 Å². The molecule has 0 radical (unpaired) electrons. The second-order valence-electron chi connectivity index (χ2n) is 12.8. The Kier molecular flexibility index (Phi) is 9.01. The van der Waals surface area contributed by atoms with E-state index in [1.807, 2.05) is 36.4 Å². The molecule has 0 heterocycles. The maximum absolute atomic E-state index is 15.5. The first-order chi connectivity index (χ1) is 25.2. The summed E-state index contributed by atoms with van der Waals surface area (Å²) >= 11 is 0. The number of hydrogen-bond acceptors (Lipinski definition) is 1. The molecule has 0 aliphatic carbocycles. The molecular formula is C50H36O. The lowest BCUT2D eigenvalue weighted by atomic mass is 9.79. The van der Waals surface area contributed by atoms with Crippen LogP contribution in [0.5, 0.6) is 0 Å². The Hall–Kier alpha value is -6.57. The summed E-state index contributed by atoms with van der Waals surface area (Å²) in [5.41, 5.74) is 13.4. The van der Waals surface area contributed by atoms with Crippen molar-refractivity contribution >= 4 is 5.78 Å². The van der Waals surface area contributed by atoms with Crippen LogP contribution in [0, 0.1) is 0 Å². The van der Waals surface area contributed by atoms with E-state index in [0.717, 1.165) is 72.3 Å². The minimum atomic E-state index is -0.497. The maximum Gasteiger partial charge on any atom is 0.175 e. The van der Waals surface area contributed by atoms with Crippen LogP contribution in [0.1, 0.15) is 27.4 Å². The number of carbonyl (C=O) groups is 1. The monoisotopic (exact) mass is 652 g/mol. The maximum atomic E-state index is 15.5. The number of benzene rings is 8. The molecule has 0 N–H and O–H groups in total. The normalized spacial score (nSPS) is 11.5. The molecular weight excluding hydrogens is 617 g/mol. The molecule has 51 heavy (non-hydrogen) atoms. The predicted octanol–water partition coefficient (Wildman–Crippen LogP) is 13.0. The number of carbonyl (C=O) groups excluding carboxylic acids is 1. The second kappa shape index (κ2) is 14.5. The lowest BCUT2D eigenvalue weighted by Crippen LogP contribution is -2.17. The van der Waals surface area contributed by atoms with Crippen LogP contribution < -0.4 is 0 Å². The fourth-order valence-electron chi connectivity index (χ4n) is 7.03. The van der Waals surface area contributed by atoms with E-state index in [4.69, 9.17) is 0 Å². The molecule has 0 fully saturated rings. The quantitative estimate of drug-likeness (QED) is 0.142. The summed E-state index contributed by atoms with van der Waals surface area (Å²) in [5, 5.41) is 0. The van der Waals surface area contributed by atoms with Crippen molar-refractivity contribution in [2.24, 2.45) is 0 Å². The first-order valence-electron chi connectivity index (χ1n) is 17.4. The van der Waals surface area contributed by atoms with E-state index < -0.39 is 5.92 Å². The highest BCUT2D eigenvalue weighted by atomic mass is 16.1. The minimum absolute atomic E-state index is 0.0681. The van der Waals surface area contributed by atoms with Gasteiger partial charge in [-0.1, -0.05) is 212 Å². The molecule has 0 amide bonds. The molecule has 1 heteroatoms. The number of ketones is 1. The first-order valence-corrected chi connectivity index (χ1v) is 17.4. The van der Waals surface area contributed by atoms with Gasteiger partial charge in [0, 0.05) is 5.56 Å². The molecule has 8 aromatic rings. The molecule has 1 nitrogen and oxygen atoms in total. The Balaban J connectivity index is 1.27. The number of hydrogen-bond donors (Lipinski definition) is 0. The topological polar surface area (TPSA) is 17.1 Å². The van der Waals surface area contributed by atoms with Gasteiger partial charge >= 0.3 is 0 Å². The van der Waals surface area contributed by atoms with Gasteiger partial charge in [0.15, 0.2) is 5.78 Å². The van der Waals surface area contributed by atoms with Crippen LogP contribution in [0.3, 0.4) is 0 Å². The summed E-state index contributed by atoms with van der Waals surface area (Å²) < 4.78 is 0. The summed E-state index contributed by atoms with van der Waals surface area (Å²) in [6.07, 6.45) is 0. The number of Topliss-reactive ketones (excluding diaryl/α,β-unsaturated/α-hetero) is 1. The third kappa shape index (κ3) is 6.71. The van der Waals surface area contributed by atoms with Crippen LogP contribution in [0.4, 0.5) is 0 Å². The summed E-state index contributed by atoms with van der Waals surface area (Å²) in [4.78, 5) is 15.5. The second-order valence-corrected chi connectivity index (χ2v) is 12.8. The Morgan fingerprint density at radius 1 is 0.275 bits per heavy atom. The highest BCUT2D eigenvalue weighted by Crippen LogP contribution is 2.40. The van der Waals surface area contributed by atoms with Gasteiger partial charge in [0.25, 0.3) is 0 Å². The van der Waals surface area contributed by atoms with Crippen LogP contribution >= 0.6 is 0 Å². The summed E-state index contributed by atoms with van der Waals surface area (Å²) in [6.45, 7) is 0. The van der Waals surface area contributed by atoms with E-state index in [-0.39, 0.29) is 5.78 Å². The van der Waals surface area contributed by atoms with E-state index in [1.165, 1.54) is 0 Å². The third-order valence-corrected chi connectivity index (χ3v) is 9.66. The summed E-state index contributed by atoms with van der Waals surface area (Å²) in [6, 6.07) is 73.2. The Morgan fingerprint density at radius 2 is 0.569 bits per heavy atom. The van der Waals surface area contributed by atoms with E-state index in [0.29, 0.717) is 0 Å². The van der Waals surface area contributed by atoms with Crippen LogP contribution in [0.25, 0.3) is 55.6 Å². The molecule has 0 saturated heterocycles. The highest BCUT2D eigenvalue weighted by molar-refractivity contribution is 6.12. The van der Waals surface area contributed by atoms with Gasteiger partial charge in [-0.25, -0.2) is 0 Å². The van der Waals surface area contributed by atoms with Crippen molar-refractivity contribution < 1.29 is 4.79 Å². The van der Waals surface area contributed by atoms with Gasteiger partial charge in [0.05, 0.1) is 5.92 Å². The molecule has 8 rings (SSSR count). The molecule has 0 spiro atoms. The summed E-state index contributed by atoms with van der Waals surface area (Å²) in [5.74, 6) is -0.429. The molecule has 1 atom stereocenters. The largest absolute Gasteiger partial charge is 0.293 e. The van der Waals surface area contributed by atoms with Crippen LogP contribution in [0.15, 0.2) is 212 Å². The lowest BCUT2D eigenvalue weighted by Gasteiger charge is -2.22. The van der Waals surface area contributed by atoms with Gasteiger partial charge in [-0.2, -0.15) is 0 Å². The van der Waals surface area contributed by atoms with E-state index in [2.05, 4.69) is 176 Å². The molecule has 0 aliphatic heterocycles. The average molecular weight is 653 g/mol. The van der Waals surface area contributed by atoms with Gasteiger partial charge in [0.2, 0.25) is 0 Å². The van der Waals surface area contributed by atoms with Crippen molar-refractivity contribution in [2.75, 3.05) is 0 Å². The van der Waals surface area contributed by atoms with Crippen molar-refractivity contribution in [3.05, 3.63) is 229 Å². The van der Waals surface area contributed by atoms with Crippen molar-refractivity contribution in [1.29, 1.82) is 0 Å². The highest BCUT2D eigenvalue weighted by Gasteiger charge is 2.29. The van der Waals surface area contributed by atoms with Crippen LogP contribution in [-0.4, -0.2) is 5.78 Å². The summed E-state index contributed by atoms with van der Waals surface area (Å²) in [7, 11) is 0. The zero-order valence-corrected chi connectivity index (χ0v) is 28.2. The lowest BCUT2D eigenvalue weighted by molar-refractivity contribution is 0.0975. The average Bonchev–Trinajstić information content (AvgIpc) is 3.22. The van der Waals surface area contributed by atoms with Crippen molar-refractivity contribution in [3.63, 3.8) is 0 Å².